The molecule has 1 saturated heterocycles. The lowest BCUT2D eigenvalue weighted by Crippen LogP contribution is -2.20. The van der Waals surface area contributed by atoms with E-state index in [1.165, 1.54) is 0 Å². The Bertz CT molecular complexity index is 425. The highest BCUT2D eigenvalue weighted by Crippen LogP contribution is 2.14. The Morgan fingerprint density at radius 2 is 2.38 bits per heavy atom. The van der Waals surface area contributed by atoms with Crippen molar-refractivity contribution in [3.05, 3.63) is 30.1 Å². The van der Waals surface area contributed by atoms with Gasteiger partial charge in [-0.1, -0.05) is 6.07 Å². The van der Waals surface area contributed by atoms with Crippen molar-refractivity contribution in [3.8, 4) is 0 Å². The molecule has 0 bridgehead atoms. The quantitative estimate of drug-likeness (QED) is 0.837. The van der Waals surface area contributed by atoms with Crippen LogP contribution >= 0.6 is 0 Å². The fourth-order valence-electron chi connectivity index (χ4n) is 2.01. The first kappa shape index (κ1) is 11.5. The molecule has 0 amide bonds. The van der Waals surface area contributed by atoms with Crippen molar-refractivity contribution < 1.29 is 8.42 Å². The summed E-state index contributed by atoms with van der Waals surface area (Å²) in [7, 11) is -3.00. The fraction of sp³-hybridized carbons (Fsp3) is 0.545. The highest BCUT2D eigenvalue weighted by Gasteiger charge is 2.22. The lowest BCUT2D eigenvalue weighted by molar-refractivity contribution is 0.569. The monoisotopic (exact) mass is 240 g/mol. The molecule has 0 radical (unpaired) electrons. The van der Waals surface area contributed by atoms with Gasteiger partial charge < -0.3 is 5.32 Å². The molecule has 1 aliphatic rings. The molecule has 5 heteroatoms. The number of rotatable bonds is 4. The van der Waals surface area contributed by atoms with E-state index in [2.05, 4.69) is 10.3 Å². The second-order valence-electron chi connectivity index (χ2n) is 4.27. The minimum Gasteiger partial charge on any atom is -0.316 e. The maximum atomic E-state index is 11.9. The molecule has 1 aromatic heterocycles. The van der Waals surface area contributed by atoms with Gasteiger partial charge in [0.15, 0.2) is 9.84 Å². The van der Waals surface area contributed by atoms with Crippen LogP contribution < -0.4 is 5.32 Å². The van der Waals surface area contributed by atoms with Crippen LogP contribution in [0.5, 0.6) is 0 Å². The number of sulfone groups is 1. The Balaban J connectivity index is 1.97. The molecule has 4 nitrogen and oxygen atoms in total. The molecular weight excluding hydrogens is 224 g/mol. The van der Waals surface area contributed by atoms with Gasteiger partial charge in [-0.3, -0.25) is 4.98 Å². The van der Waals surface area contributed by atoms with Crippen LogP contribution in [0.4, 0.5) is 0 Å². The molecular formula is C11H16N2O2S. The maximum Gasteiger partial charge on any atom is 0.154 e. The molecule has 1 fully saturated rings. The topological polar surface area (TPSA) is 59.1 Å². The van der Waals surface area contributed by atoms with Crippen molar-refractivity contribution in [1.82, 2.24) is 10.3 Å². The summed E-state index contributed by atoms with van der Waals surface area (Å²) in [4.78, 5) is 3.92. The Hall–Kier alpha value is -0.940. The summed E-state index contributed by atoms with van der Waals surface area (Å²) in [5.41, 5.74) is 0.772. The zero-order valence-corrected chi connectivity index (χ0v) is 9.91. The van der Waals surface area contributed by atoms with Gasteiger partial charge in [0, 0.05) is 12.4 Å². The fourth-order valence-corrected chi connectivity index (χ4v) is 3.81. The van der Waals surface area contributed by atoms with Crippen LogP contribution in [0.2, 0.25) is 0 Å². The molecule has 0 saturated carbocycles. The molecule has 2 heterocycles. The predicted molar refractivity (Wildman–Crippen MR) is 62.7 cm³/mol. The first-order valence-electron chi connectivity index (χ1n) is 5.46. The summed E-state index contributed by atoms with van der Waals surface area (Å²) in [5, 5.41) is 3.18. The van der Waals surface area contributed by atoms with Crippen LogP contribution in [-0.2, 0) is 15.6 Å². The minimum absolute atomic E-state index is 0.108. The molecule has 0 aromatic carbocycles. The third-order valence-electron chi connectivity index (χ3n) is 2.76. The van der Waals surface area contributed by atoms with Crippen LogP contribution in [0, 0.1) is 5.92 Å². The molecule has 2 rings (SSSR count). The number of aromatic nitrogens is 1. The molecule has 1 atom stereocenters. The number of hydrogen-bond donors (Lipinski definition) is 1. The van der Waals surface area contributed by atoms with E-state index in [9.17, 15) is 8.42 Å². The SMILES string of the molecule is O=S(=O)(Cc1cccnc1)C[C@H]1CCNC1. The van der Waals surface area contributed by atoms with Crippen LogP contribution in [0.1, 0.15) is 12.0 Å². The van der Waals surface area contributed by atoms with Crippen LogP contribution in [-0.4, -0.2) is 32.2 Å². The lowest BCUT2D eigenvalue weighted by Gasteiger charge is -2.09. The van der Waals surface area contributed by atoms with Gasteiger partial charge in [-0.05, 0) is 37.1 Å². The molecule has 16 heavy (non-hydrogen) atoms. The van der Waals surface area contributed by atoms with Gasteiger partial charge in [0.2, 0.25) is 0 Å². The number of hydrogen-bond acceptors (Lipinski definition) is 4. The van der Waals surface area contributed by atoms with Gasteiger partial charge in [-0.15, -0.1) is 0 Å². The summed E-state index contributed by atoms with van der Waals surface area (Å²) in [6, 6.07) is 3.57. The molecule has 0 spiro atoms. The zero-order valence-electron chi connectivity index (χ0n) is 9.09. The Kier molecular flexibility index (Phi) is 3.56. The highest BCUT2D eigenvalue weighted by molar-refractivity contribution is 7.90. The van der Waals surface area contributed by atoms with E-state index in [1.807, 2.05) is 0 Å². The van der Waals surface area contributed by atoms with Gasteiger partial charge in [0.05, 0.1) is 11.5 Å². The van der Waals surface area contributed by atoms with Crippen molar-refractivity contribution in [2.24, 2.45) is 5.92 Å². The van der Waals surface area contributed by atoms with E-state index >= 15 is 0 Å². The molecule has 1 N–H and O–H groups in total. The average Bonchev–Trinajstić information content (AvgIpc) is 2.70. The van der Waals surface area contributed by atoms with Crippen LogP contribution in [0.25, 0.3) is 0 Å². The van der Waals surface area contributed by atoms with Crippen LogP contribution in [0.15, 0.2) is 24.5 Å². The molecule has 1 aromatic rings. The van der Waals surface area contributed by atoms with Gasteiger partial charge in [-0.25, -0.2) is 8.42 Å². The summed E-state index contributed by atoms with van der Waals surface area (Å²) in [5.74, 6) is 0.674. The maximum absolute atomic E-state index is 11.9. The molecule has 0 aliphatic carbocycles. The van der Waals surface area contributed by atoms with E-state index in [0.717, 1.165) is 25.1 Å². The van der Waals surface area contributed by atoms with E-state index in [1.54, 1.807) is 24.5 Å². The third kappa shape index (κ3) is 3.28. The second kappa shape index (κ2) is 4.93. The first-order chi connectivity index (χ1) is 7.66. The van der Waals surface area contributed by atoms with E-state index in [0.29, 0.717) is 0 Å². The first-order valence-corrected chi connectivity index (χ1v) is 7.28. The summed E-state index contributed by atoms with van der Waals surface area (Å²) in [6.07, 6.45) is 4.23. The van der Waals surface area contributed by atoms with Gasteiger partial charge in [0.25, 0.3) is 0 Å². The summed E-state index contributed by atoms with van der Waals surface area (Å²) < 4.78 is 23.8. The second-order valence-corrected chi connectivity index (χ2v) is 6.38. The van der Waals surface area contributed by atoms with Crippen molar-refractivity contribution in [2.75, 3.05) is 18.8 Å². The average molecular weight is 240 g/mol. The Labute approximate surface area is 96.0 Å². The van der Waals surface area contributed by atoms with E-state index in [-0.39, 0.29) is 17.4 Å². The van der Waals surface area contributed by atoms with Gasteiger partial charge in [0.1, 0.15) is 0 Å². The highest BCUT2D eigenvalue weighted by atomic mass is 32.2. The Morgan fingerprint density at radius 3 is 3.00 bits per heavy atom. The largest absolute Gasteiger partial charge is 0.316 e. The van der Waals surface area contributed by atoms with Crippen LogP contribution in [0.3, 0.4) is 0 Å². The third-order valence-corrected chi connectivity index (χ3v) is 4.51. The van der Waals surface area contributed by atoms with Gasteiger partial charge in [-0.2, -0.15) is 0 Å². The van der Waals surface area contributed by atoms with E-state index < -0.39 is 9.84 Å². The summed E-state index contributed by atoms with van der Waals surface area (Å²) in [6.45, 7) is 1.76. The minimum atomic E-state index is -3.00. The number of nitrogens with one attached hydrogen (secondary N) is 1. The van der Waals surface area contributed by atoms with Crippen molar-refractivity contribution in [3.63, 3.8) is 0 Å². The number of nitrogens with zero attached hydrogens (tertiary/aromatic N) is 1. The zero-order chi connectivity index (χ0) is 11.4. The predicted octanol–water partition coefficient (Wildman–Crippen LogP) is 0.606. The van der Waals surface area contributed by atoms with Crippen molar-refractivity contribution in [2.45, 2.75) is 12.2 Å². The smallest absolute Gasteiger partial charge is 0.154 e. The normalized spacial score (nSPS) is 21.1. The van der Waals surface area contributed by atoms with Crippen molar-refractivity contribution >= 4 is 9.84 Å². The Morgan fingerprint density at radius 1 is 1.50 bits per heavy atom. The summed E-state index contributed by atoms with van der Waals surface area (Å²) >= 11 is 0. The van der Waals surface area contributed by atoms with Gasteiger partial charge >= 0.3 is 0 Å². The molecule has 88 valence electrons. The van der Waals surface area contributed by atoms with Crippen molar-refractivity contribution in [1.29, 1.82) is 0 Å². The standard InChI is InChI=1S/C11H16N2O2S/c14-16(15,9-11-3-5-13-7-11)8-10-2-1-4-12-6-10/h1-2,4,6,11,13H,3,5,7-9H2/t11-/m0/s1. The molecule has 1 aliphatic heterocycles. The number of pyridine rings is 1. The lowest BCUT2D eigenvalue weighted by atomic mass is 10.2. The van der Waals surface area contributed by atoms with E-state index in [4.69, 9.17) is 0 Å². The molecule has 0 unspecified atom stereocenters.